The second-order valence-electron chi connectivity index (χ2n) is 6.61. The first-order chi connectivity index (χ1) is 12.8. The summed E-state index contributed by atoms with van der Waals surface area (Å²) in [6.45, 7) is 5.14. The first-order valence-electron chi connectivity index (χ1n) is 9.65. The molecule has 3 unspecified atom stereocenters. The second-order valence-corrected chi connectivity index (χ2v) is 6.61. The van der Waals surface area contributed by atoms with Crippen molar-refractivity contribution in [1.82, 2.24) is 5.32 Å². The van der Waals surface area contributed by atoms with E-state index in [1.807, 2.05) is 0 Å². The third-order valence-corrected chi connectivity index (χ3v) is 4.91. The number of carbonyl (C=O) groups is 3. The van der Waals surface area contributed by atoms with Crippen molar-refractivity contribution in [3.63, 3.8) is 0 Å². The Balaban J connectivity index is 0. The molecule has 3 atom stereocenters. The van der Waals surface area contributed by atoms with Gasteiger partial charge in [0.1, 0.15) is 12.6 Å². The summed E-state index contributed by atoms with van der Waals surface area (Å²) in [5.41, 5.74) is 0. The number of carboxylic acid groups (broad SMARTS) is 2. The number of aliphatic hydroxyl groups excluding tert-OH is 1. The van der Waals surface area contributed by atoms with Crippen LogP contribution in [0.25, 0.3) is 0 Å². The van der Waals surface area contributed by atoms with Crippen molar-refractivity contribution < 1.29 is 63.7 Å². The Kier molecular flexibility index (Phi) is 16.7. The van der Waals surface area contributed by atoms with Gasteiger partial charge in [0.05, 0.1) is 25.7 Å². The fraction of sp³-hybridized carbons (Fsp3) is 0.737. The maximum absolute atomic E-state index is 11.9. The number of nitrogens with zero attached hydrogens (tertiary/aromatic N) is 1. The average molecular weight is 409 g/mol. The zero-order chi connectivity index (χ0) is 20.9. The molecule has 0 aromatic carbocycles. The van der Waals surface area contributed by atoms with Gasteiger partial charge in [-0.3, -0.25) is 4.79 Å². The standard InChI is InChI=1S/C19H34N2O6.Na/c1-4-7-8-9-10-17(23)20-11-12-21(13-14-22,15(5-2)18(24)25)16(6-3)19(26)27;/h9-10,15-16,22H,4-8,11-14H2,1-3H3,(H2-,20,23,24,25,26,27);/q;+1/b10-9+;. The molecule has 3 N–H and O–H groups in total. The van der Waals surface area contributed by atoms with Crippen molar-refractivity contribution >= 4 is 17.8 Å². The monoisotopic (exact) mass is 409 g/mol. The van der Waals surface area contributed by atoms with Gasteiger partial charge >= 0.3 is 35.5 Å². The molecule has 0 bridgehead atoms. The Morgan fingerprint density at radius 1 is 1.11 bits per heavy atom. The van der Waals surface area contributed by atoms with Gasteiger partial charge in [0.15, 0.2) is 6.04 Å². The number of amides is 1. The second kappa shape index (κ2) is 15.9. The Bertz CT molecular complexity index is 491. The van der Waals surface area contributed by atoms with Crippen molar-refractivity contribution in [3.05, 3.63) is 12.2 Å². The molecule has 0 aliphatic rings. The van der Waals surface area contributed by atoms with Crippen molar-refractivity contribution in [2.75, 3.05) is 26.2 Å². The van der Waals surface area contributed by atoms with Gasteiger partial charge in [-0.15, -0.1) is 0 Å². The van der Waals surface area contributed by atoms with Crippen LogP contribution < -0.4 is 40.0 Å². The molecule has 8 nitrogen and oxygen atoms in total. The molecule has 0 rings (SSSR count). The Morgan fingerprint density at radius 2 is 1.71 bits per heavy atom. The van der Waals surface area contributed by atoms with Crippen LogP contribution in [0.2, 0.25) is 0 Å². The number of nitrogens with one attached hydrogen (secondary N) is 1. The molecule has 0 saturated carbocycles. The van der Waals surface area contributed by atoms with E-state index in [1.54, 1.807) is 19.9 Å². The summed E-state index contributed by atoms with van der Waals surface area (Å²) in [5.74, 6) is -2.79. The van der Waals surface area contributed by atoms with Crippen LogP contribution >= 0.6 is 0 Å². The van der Waals surface area contributed by atoms with Crippen LogP contribution in [0, 0.1) is 0 Å². The van der Waals surface area contributed by atoms with Crippen molar-refractivity contribution in [3.8, 4) is 0 Å². The zero-order valence-electron chi connectivity index (χ0n) is 17.6. The van der Waals surface area contributed by atoms with Crippen LogP contribution in [0.5, 0.6) is 0 Å². The number of aliphatic carboxylic acids is 2. The third kappa shape index (κ3) is 9.05. The molecule has 156 valence electrons. The van der Waals surface area contributed by atoms with Crippen molar-refractivity contribution in [1.29, 1.82) is 0 Å². The maximum atomic E-state index is 11.9. The van der Waals surface area contributed by atoms with Crippen molar-refractivity contribution in [2.24, 2.45) is 0 Å². The van der Waals surface area contributed by atoms with Gasteiger partial charge in [-0.1, -0.05) is 39.7 Å². The molecule has 9 heteroatoms. The largest absolute Gasteiger partial charge is 1.00 e. The number of hydrogen-bond donors (Lipinski definition) is 3. The van der Waals surface area contributed by atoms with E-state index in [9.17, 15) is 29.7 Å². The zero-order valence-corrected chi connectivity index (χ0v) is 19.6. The minimum atomic E-state index is -1.35. The first kappa shape index (κ1) is 29.3. The molecule has 0 heterocycles. The van der Waals surface area contributed by atoms with Crippen LogP contribution in [0.4, 0.5) is 0 Å². The number of rotatable bonds is 15. The molecule has 1 amide bonds. The van der Waals surface area contributed by atoms with Gasteiger partial charge in [0.2, 0.25) is 5.91 Å². The van der Waals surface area contributed by atoms with E-state index in [1.165, 1.54) is 6.08 Å². The number of carbonyl (C=O) groups excluding carboxylic acids is 2. The molecule has 0 aromatic rings. The topological polar surface area (TPSA) is 127 Å². The van der Waals surface area contributed by atoms with Crippen LogP contribution in [0.3, 0.4) is 0 Å². The van der Waals surface area contributed by atoms with Crippen LogP contribution in [-0.4, -0.2) is 70.9 Å². The SMILES string of the molecule is CCCC/C=C/C(=O)NCC[N+](CCO)(C(CC)C(=O)[O-])C(CC)C(=O)O.[Na+]. The van der Waals surface area contributed by atoms with E-state index in [-0.39, 0.29) is 79.0 Å². The number of quaternary nitrogens is 1. The quantitative estimate of drug-likeness (QED) is 0.115. The normalized spacial score (nSPS) is 15.3. The molecule has 0 saturated heterocycles. The molecule has 0 spiro atoms. The summed E-state index contributed by atoms with van der Waals surface area (Å²) >= 11 is 0. The predicted octanol–water partition coefficient (Wildman–Crippen LogP) is -2.95. The molecule has 0 radical (unpaired) electrons. The minimum absolute atomic E-state index is 0. The van der Waals surface area contributed by atoms with E-state index >= 15 is 0 Å². The molecule has 0 aliphatic heterocycles. The first-order valence-corrected chi connectivity index (χ1v) is 9.65. The third-order valence-electron chi connectivity index (χ3n) is 4.91. The summed E-state index contributed by atoms with van der Waals surface area (Å²) in [7, 11) is 0. The van der Waals surface area contributed by atoms with Gasteiger partial charge in [-0.05, 0) is 12.5 Å². The molecular formula is C19H34N2NaO6+. The van der Waals surface area contributed by atoms with Crippen LogP contribution in [-0.2, 0) is 14.4 Å². The Hall–Kier alpha value is -0.930. The summed E-state index contributed by atoms with van der Waals surface area (Å²) in [4.78, 5) is 35.4. The Morgan fingerprint density at radius 3 is 2.14 bits per heavy atom. The number of unbranched alkanes of at least 4 members (excludes halogenated alkanes) is 2. The van der Waals surface area contributed by atoms with Gasteiger partial charge in [-0.25, -0.2) is 4.79 Å². The van der Waals surface area contributed by atoms with Crippen LogP contribution in [0.1, 0.15) is 52.9 Å². The summed E-state index contributed by atoms with van der Waals surface area (Å²) in [6, 6.07) is -2.10. The summed E-state index contributed by atoms with van der Waals surface area (Å²) in [6.07, 6.45) is 6.38. The number of hydrogen-bond acceptors (Lipinski definition) is 5. The van der Waals surface area contributed by atoms with Crippen LogP contribution in [0.15, 0.2) is 12.2 Å². The number of aliphatic hydroxyl groups is 1. The number of allylic oxidation sites excluding steroid dienone is 1. The average Bonchev–Trinajstić information content (AvgIpc) is 2.59. The van der Waals surface area contributed by atoms with Gasteiger partial charge < -0.3 is 29.9 Å². The molecule has 0 aliphatic carbocycles. The summed E-state index contributed by atoms with van der Waals surface area (Å²) < 4.78 is -0.360. The molecule has 0 aromatic heterocycles. The van der Waals surface area contributed by atoms with E-state index < -0.39 is 24.0 Å². The van der Waals surface area contributed by atoms with E-state index in [0.29, 0.717) is 0 Å². The fourth-order valence-corrected chi connectivity index (χ4v) is 3.60. The summed E-state index contributed by atoms with van der Waals surface area (Å²) in [5, 5.41) is 33.5. The van der Waals surface area contributed by atoms with Gasteiger partial charge in [-0.2, -0.15) is 0 Å². The minimum Gasteiger partial charge on any atom is -0.544 e. The molecule has 0 fully saturated rings. The number of carboxylic acids is 2. The smallest absolute Gasteiger partial charge is 0.544 e. The van der Waals surface area contributed by atoms with Gasteiger partial charge in [0.25, 0.3) is 0 Å². The van der Waals surface area contributed by atoms with E-state index in [0.717, 1.165) is 19.3 Å². The van der Waals surface area contributed by atoms with E-state index in [2.05, 4.69) is 12.2 Å². The molecule has 28 heavy (non-hydrogen) atoms. The predicted molar refractivity (Wildman–Crippen MR) is 99.6 cm³/mol. The molecular weight excluding hydrogens is 375 g/mol. The maximum Gasteiger partial charge on any atom is 1.00 e. The Labute approximate surface area is 189 Å². The van der Waals surface area contributed by atoms with Gasteiger partial charge in [0, 0.05) is 12.8 Å². The fourth-order valence-electron chi connectivity index (χ4n) is 3.60. The van der Waals surface area contributed by atoms with E-state index in [4.69, 9.17) is 0 Å². The van der Waals surface area contributed by atoms with Crippen molar-refractivity contribution in [2.45, 2.75) is 65.0 Å².